The number of rotatable bonds is 7. The van der Waals surface area contributed by atoms with Crippen LogP contribution in [0.2, 0.25) is 0 Å². The van der Waals surface area contributed by atoms with E-state index in [1.807, 2.05) is 0 Å². The van der Waals surface area contributed by atoms with E-state index in [4.69, 9.17) is 9.15 Å². The minimum absolute atomic E-state index is 0.141. The van der Waals surface area contributed by atoms with Gasteiger partial charge in [-0.25, -0.2) is 17.7 Å². The number of hydrogen-bond donors (Lipinski definition) is 0. The van der Waals surface area contributed by atoms with E-state index in [1.54, 1.807) is 18.2 Å². The van der Waals surface area contributed by atoms with Gasteiger partial charge in [0.2, 0.25) is 10.0 Å². The molecule has 0 spiro atoms. The predicted octanol–water partition coefficient (Wildman–Crippen LogP) is 2.53. The second kappa shape index (κ2) is 8.48. The third kappa shape index (κ3) is 5.03. The minimum Gasteiger partial charge on any atom is -0.431 e. The van der Waals surface area contributed by atoms with Crippen LogP contribution in [0, 0.1) is 5.92 Å². The van der Waals surface area contributed by atoms with Gasteiger partial charge in [-0.05, 0) is 24.1 Å². The van der Waals surface area contributed by atoms with Crippen LogP contribution >= 0.6 is 11.8 Å². The summed E-state index contributed by atoms with van der Waals surface area (Å²) in [5.74, 6) is 1.39. The Morgan fingerprint density at radius 2 is 2.15 bits per heavy atom. The average molecular weight is 414 g/mol. The maximum Gasteiger partial charge on any atom is 0.256 e. The Kier molecular flexibility index (Phi) is 6.47. The highest BCUT2D eigenvalue weighted by molar-refractivity contribution is 7.99. The van der Waals surface area contributed by atoms with Crippen molar-refractivity contribution in [3.63, 3.8) is 0 Å². The molecule has 1 aliphatic heterocycles. The quantitative estimate of drug-likeness (QED) is 0.646. The van der Waals surface area contributed by atoms with Gasteiger partial charge in [-0.1, -0.05) is 25.6 Å². The van der Waals surface area contributed by atoms with Gasteiger partial charge in [-0.2, -0.15) is 0 Å². The van der Waals surface area contributed by atoms with Crippen molar-refractivity contribution < 1.29 is 17.6 Å². The van der Waals surface area contributed by atoms with Crippen LogP contribution in [0.1, 0.15) is 13.8 Å². The number of thioether (sulfide) groups is 1. The van der Waals surface area contributed by atoms with Crippen molar-refractivity contribution in [3.8, 4) is 0 Å². The minimum atomic E-state index is -3.49. The molecule has 7 nitrogen and oxygen atoms in total. The van der Waals surface area contributed by atoms with Crippen molar-refractivity contribution in [2.75, 3.05) is 46.1 Å². The molecule has 0 bridgehead atoms. The van der Waals surface area contributed by atoms with Crippen molar-refractivity contribution in [3.05, 3.63) is 18.2 Å². The number of nitrogens with zero attached hydrogens (tertiary/aromatic N) is 3. The Balaban J connectivity index is 1.66. The molecule has 0 radical (unpaired) electrons. The van der Waals surface area contributed by atoms with Gasteiger partial charge in [-0.3, -0.25) is 4.90 Å². The molecule has 2 aromatic rings. The molecule has 1 aliphatic rings. The number of ether oxygens (including phenoxy) is 1. The van der Waals surface area contributed by atoms with E-state index in [1.165, 1.54) is 30.2 Å². The smallest absolute Gasteiger partial charge is 0.256 e. The summed E-state index contributed by atoms with van der Waals surface area (Å²) in [5.41, 5.74) is 1.13. The van der Waals surface area contributed by atoms with Gasteiger partial charge in [0.15, 0.2) is 5.58 Å². The largest absolute Gasteiger partial charge is 0.431 e. The molecule has 1 saturated heterocycles. The summed E-state index contributed by atoms with van der Waals surface area (Å²) in [6.07, 6.45) is 0.141. The highest BCUT2D eigenvalue weighted by Crippen LogP contribution is 2.27. The fraction of sp³-hybridized carbons (Fsp3) is 0.611. The van der Waals surface area contributed by atoms with Crippen molar-refractivity contribution in [1.29, 1.82) is 0 Å². The first-order chi connectivity index (χ1) is 12.8. The standard InChI is InChI=1S/C18H27N3O4S2/c1-13(2)10-21-7-8-24-14(11-21)12-26-18-19-16-9-15(5-6-17(16)25-18)27(22,23)20(3)4/h5-6,9,13-14H,7-8,10-12H2,1-4H3/t14-/m0/s1. The molecule has 27 heavy (non-hydrogen) atoms. The molecule has 0 unspecified atom stereocenters. The van der Waals surface area contributed by atoms with Crippen molar-refractivity contribution in [2.24, 2.45) is 5.92 Å². The molecule has 1 aromatic heterocycles. The number of fused-ring (bicyclic) bond motifs is 1. The van der Waals surface area contributed by atoms with Gasteiger partial charge in [0, 0.05) is 39.5 Å². The first-order valence-corrected chi connectivity index (χ1v) is 11.5. The lowest BCUT2D eigenvalue weighted by atomic mass is 10.2. The fourth-order valence-corrected chi connectivity index (χ4v) is 4.81. The van der Waals surface area contributed by atoms with Gasteiger partial charge >= 0.3 is 0 Å². The molecule has 1 fully saturated rings. The van der Waals surface area contributed by atoms with Gasteiger partial charge in [0.05, 0.1) is 17.6 Å². The van der Waals surface area contributed by atoms with E-state index < -0.39 is 10.0 Å². The zero-order valence-electron chi connectivity index (χ0n) is 16.2. The normalized spacial score (nSPS) is 19.4. The summed E-state index contributed by atoms with van der Waals surface area (Å²) < 4.78 is 37.3. The number of benzene rings is 1. The SMILES string of the molecule is CC(C)CN1CCO[C@H](CSc2nc3cc(S(=O)(=O)N(C)C)ccc3o2)C1. The predicted molar refractivity (Wildman–Crippen MR) is 107 cm³/mol. The van der Waals surface area contributed by atoms with Gasteiger partial charge in [0.25, 0.3) is 5.22 Å². The Morgan fingerprint density at radius 3 is 2.85 bits per heavy atom. The lowest BCUT2D eigenvalue weighted by molar-refractivity contribution is -0.0192. The fourth-order valence-electron chi connectivity index (χ4n) is 3.05. The van der Waals surface area contributed by atoms with Crippen LogP contribution in [0.4, 0.5) is 0 Å². The molecule has 1 aromatic carbocycles. The lowest BCUT2D eigenvalue weighted by Crippen LogP contribution is -2.44. The Hall–Kier alpha value is -1.13. The van der Waals surface area contributed by atoms with Gasteiger partial charge in [-0.15, -0.1) is 0 Å². The van der Waals surface area contributed by atoms with E-state index in [-0.39, 0.29) is 11.0 Å². The zero-order valence-corrected chi connectivity index (χ0v) is 17.8. The first kappa shape index (κ1) is 20.6. The number of aromatic nitrogens is 1. The summed E-state index contributed by atoms with van der Waals surface area (Å²) in [6.45, 7) is 8.17. The number of morpholine rings is 1. The van der Waals surface area contributed by atoms with Crippen LogP contribution in [0.3, 0.4) is 0 Å². The second-order valence-electron chi connectivity index (χ2n) is 7.35. The van der Waals surface area contributed by atoms with Crippen LogP contribution in [0.25, 0.3) is 11.1 Å². The molecular weight excluding hydrogens is 386 g/mol. The summed E-state index contributed by atoms with van der Waals surface area (Å²) in [7, 11) is -0.465. The summed E-state index contributed by atoms with van der Waals surface area (Å²) in [6, 6.07) is 4.76. The Bertz CT molecular complexity index is 880. The molecule has 0 amide bonds. The van der Waals surface area contributed by atoms with Crippen LogP contribution in [0.5, 0.6) is 0 Å². The summed E-state index contributed by atoms with van der Waals surface area (Å²) in [5, 5.41) is 0.536. The third-order valence-electron chi connectivity index (χ3n) is 4.36. The van der Waals surface area contributed by atoms with E-state index in [9.17, 15) is 8.42 Å². The second-order valence-corrected chi connectivity index (χ2v) is 10.5. The zero-order chi connectivity index (χ0) is 19.6. The molecule has 3 rings (SSSR count). The van der Waals surface area contributed by atoms with Gasteiger partial charge in [0.1, 0.15) is 5.52 Å². The van der Waals surface area contributed by atoms with E-state index in [2.05, 4.69) is 23.7 Å². The number of sulfonamides is 1. The molecule has 0 aliphatic carbocycles. The van der Waals surface area contributed by atoms with Crippen LogP contribution in [-0.2, 0) is 14.8 Å². The first-order valence-electron chi connectivity index (χ1n) is 9.05. The molecule has 150 valence electrons. The highest BCUT2D eigenvalue weighted by atomic mass is 32.2. The van der Waals surface area contributed by atoms with E-state index >= 15 is 0 Å². The summed E-state index contributed by atoms with van der Waals surface area (Å²) >= 11 is 1.50. The van der Waals surface area contributed by atoms with E-state index in [0.717, 1.165) is 32.0 Å². The topological polar surface area (TPSA) is 75.9 Å². The highest BCUT2D eigenvalue weighted by Gasteiger charge is 2.23. The molecule has 1 atom stereocenters. The molecular formula is C18H27N3O4S2. The monoisotopic (exact) mass is 413 g/mol. The van der Waals surface area contributed by atoms with Crippen LogP contribution in [-0.4, -0.2) is 74.8 Å². The Labute approximate surface area is 165 Å². The summed E-state index contributed by atoms with van der Waals surface area (Å²) in [4.78, 5) is 7.09. The average Bonchev–Trinajstić information content (AvgIpc) is 3.01. The van der Waals surface area contributed by atoms with Gasteiger partial charge < -0.3 is 9.15 Å². The molecule has 0 N–H and O–H groups in total. The molecule has 9 heteroatoms. The number of oxazole rings is 1. The lowest BCUT2D eigenvalue weighted by Gasteiger charge is -2.33. The van der Waals surface area contributed by atoms with Crippen molar-refractivity contribution >= 4 is 32.9 Å². The van der Waals surface area contributed by atoms with Crippen LogP contribution < -0.4 is 0 Å². The Morgan fingerprint density at radius 1 is 1.37 bits per heavy atom. The maximum atomic E-state index is 12.3. The maximum absolute atomic E-state index is 12.3. The van der Waals surface area contributed by atoms with Crippen molar-refractivity contribution in [1.82, 2.24) is 14.2 Å². The van der Waals surface area contributed by atoms with E-state index in [0.29, 0.717) is 22.2 Å². The molecule has 0 saturated carbocycles. The third-order valence-corrected chi connectivity index (χ3v) is 7.13. The van der Waals surface area contributed by atoms with Crippen molar-refractivity contribution in [2.45, 2.75) is 30.1 Å². The van der Waals surface area contributed by atoms with Crippen LogP contribution in [0.15, 0.2) is 32.7 Å². The molecule has 2 heterocycles. The number of hydrogen-bond acceptors (Lipinski definition) is 7.